The van der Waals surface area contributed by atoms with E-state index in [0.717, 1.165) is 0 Å². The van der Waals surface area contributed by atoms with E-state index in [1.54, 1.807) is 0 Å². The summed E-state index contributed by atoms with van der Waals surface area (Å²) in [6, 6.07) is 5.84. The van der Waals surface area contributed by atoms with Crippen molar-refractivity contribution in [2.45, 2.75) is 12.7 Å². The van der Waals surface area contributed by atoms with Gasteiger partial charge in [0.25, 0.3) is 0 Å². The van der Waals surface area contributed by atoms with Crippen molar-refractivity contribution in [1.82, 2.24) is 14.3 Å². The van der Waals surface area contributed by atoms with Crippen LogP contribution >= 0.6 is 11.6 Å². The molecule has 1 heterocycles. The lowest BCUT2D eigenvalue weighted by Crippen LogP contribution is -2.26. The molecule has 1 aromatic carbocycles. The molecule has 1 N–H and O–H groups in total. The lowest BCUT2D eigenvalue weighted by Gasteiger charge is -2.02. The third-order valence-corrected chi connectivity index (χ3v) is 2.92. The zero-order valence-electron chi connectivity index (χ0n) is 11.3. The van der Waals surface area contributed by atoms with Crippen LogP contribution in [0.25, 0.3) is 17.6 Å². The van der Waals surface area contributed by atoms with Crippen LogP contribution in [0.5, 0.6) is 0 Å². The monoisotopic (exact) mass is 347 g/mol. The topological polar surface area (TPSA) is 77.1 Å². The number of benzene rings is 1. The maximum absolute atomic E-state index is 12.3. The molecule has 6 nitrogen and oxygen atoms in total. The zero-order chi connectivity index (χ0) is 17.2. The summed E-state index contributed by atoms with van der Waals surface area (Å²) in [5.74, 6) is -1.48. The van der Waals surface area contributed by atoms with Gasteiger partial charge >= 0.3 is 17.8 Å². The predicted molar refractivity (Wildman–Crippen MR) is 76.0 cm³/mol. The molecule has 2 aromatic rings. The second-order valence-electron chi connectivity index (χ2n) is 4.39. The molecular weight excluding hydrogens is 339 g/mol. The van der Waals surface area contributed by atoms with Crippen LogP contribution in [0.4, 0.5) is 13.2 Å². The molecule has 0 unspecified atom stereocenters. The number of alkyl halides is 3. The minimum atomic E-state index is -4.63. The molecule has 0 bridgehead atoms. The quantitative estimate of drug-likeness (QED) is 0.921. The smallest absolute Gasteiger partial charge is 0.411 e. The standard InChI is InChI=1S/C13H9ClF3N3O3/c14-9-3-1-8(2-4-9)11-18-20(7-10(21)22)12(23)19(11)6-5-13(15,16)17/h1-6H,7H2,(H,21,22). The summed E-state index contributed by atoms with van der Waals surface area (Å²) in [5, 5.41) is 12.9. The second-order valence-corrected chi connectivity index (χ2v) is 4.83. The molecule has 23 heavy (non-hydrogen) atoms. The molecule has 2 rings (SSSR count). The van der Waals surface area contributed by atoms with Gasteiger partial charge < -0.3 is 5.11 Å². The molecule has 122 valence electrons. The van der Waals surface area contributed by atoms with E-state index in [-0.39, 0.29) is 11.9 Å². The summed E-state index contributed by atoms with van der Waals surface area (Å²) in [6.45, 7) is -0.772. The minimum absolute atomic E-state index is 0.131. The van der Waals surface area contributed by atoms with Crippen molar-refractivity contribution in [2.75, 3.05) is 0 Å². The third kappa shape index (κ3) is 4.22. The molecule has 0 spiro atoms. The molecule has 0 atom stereocenters. The molecule has 0 aliphatic rings. The van der Waals surface area contributed by atoms with Crippen LogP contribution in [0.3, 0.4) is 0 Å². The largest absolute Gasteiger partial charge is 0.480 e. The first kappa shape index (κ1) is 16.8. The van der Waals surface area contributed by atoms with E-state index in [9.17, 15) is 22.8 Å². The molecular formula is C13H9ClF3N3O3. The molecule has 0 aliphatic carbocycles. The number of hydrogen-bond acceptors (Lipinski definition) is 3. The van der Waals surface area contributed by atoms with E-state index >= 15 is 0 Å². The van der Waals surface area contributed by atoms with Crippen LogP contribution in [0.15, 0.2) is 35.1 Å². The van der Waals surface area contributed by atoms with Gasteiger partial charge in [0.15, 0.2) is 5.82 Å². The number of hydrogen-bond donors (Lipinski definition) is 1. The third-order valence-electron chi connectivity index (χ3n) is 2.67. The van der Waals surface area contributed by atoms with Gasteiger partial charge in [-0.25, -0.2) is 14.0 Å². The van der Waals surface area contributed by atoms with Crippen molar-refractivity contribution < 1.29 is 23.1 Å². The number of nitrogens with zero attached hydrogens (tertiary/aromatic N) is 3. The zero-order valence-corrected chi connectivity index (χ0v) is 12.0. The van der Waals surface area contributed by atoms with E-state index in [4.69, 9.17) is 16.7 Å². The first-order valence-electron chi connectivity index (χ1n) is 6.10. The highest BCUT2D eigenvalue weighted by Gasteiger charge is 2.23. The molecule has 0 fully saturated rings. The van der Waals surface area contributed by atoms with Gasteiger partial charge in [-0.05, 0) is 24.3 Å². The molecule has 10 heteroatoms. The fourth-order valence-electron chi connectivity index (χ4n) is 1.74. The van der Waals surface area contributed by atoms with Gasteiger partial charge in [0.2, 0.25) is 0 Å². The van der Waals surface area contributed by atoms with Crippen LogP contribution in [-0.4, -0.2) is 31.6 Å². The van der Waals surface area contributed by atoms with E-state index in [1.165, 1.54) is 24.3 Å². The molecule has 0 saturated heterocycles. The normalized spacial score (nSPS) is 12.0. The number of rotatable bonds is 4. The Kier molecular flexibility index (Phi) is 4.60. The fraction of sp³-hybridized carbons (Fsp3) is 0.154. The van der Waals surface area contributed by atoms with Gasteiger partial charge in [0.05, 0.1) is 0 Å². The Labute approximate surface area is 132 Å². The molecule has 0 aliphatic heterocycles. The Morgan fingerprint density at radius 1 is 1.30 bits per heavy atom. The number of aromatic nitrogens is 3. The SMILES string of the molecule is O=C(O)Cn1nc(-c2ccc(Cl)cc2)n(C=CC(F)(F)F)c1=O. The Morgan fingerprint density at radius 3 is 2.43 bits per heavy atom. The molecule has 0 amide bonds. The van der Waals surface area contributed by atoms with Crippen LogP contribution in [-0.2, 0) is 11.3 Å². The highest BCUT2D eigenvalue weighted by molar-refractivity contribution is 6.30. The maximum atomic E-state index is 12.3. The van der Waals surface area contributed by atoms with Gasteiger partial charge in [0.1, 0.15) is 6.54 Å². The number of carboxylic acids is 1. The second kappa shape index (κ2) is 6.29. The minimum Gasteiger partial charge on any atom is -0.480 e. The van der Waals surface area contributed by atoms with E-state index in [0.29, 0.717) is 26.0 Å². The summed E-state index contributed by atoms with van der Waals surface area (Å²) >= 11 is 5.73. The van der Waals surface area contributed by atoms with E-state index in [1.807, 2.05) is 0 Å². The van der Waals surface area contributed by atoms with Crippen molar-refractivity contribution in [3.63, 3.8) is 0 Å². The first-order chi connectivity index (χ1) is 10.7. The summed E-state index contributed by atoms with van der Waals surface area (Å²) in [7, 11) is 0. The summed E-state index contributed by atoms with van der Waals surface area (Å²) in [5.41, 5.74) is -0.694. The number of halogens is 4. The molecule has 1 aromatic heterocycles. The highest BCUT2D eigenvalue weighted by atomic mass is 35.5. The van der Waals surface area contributed by atoms with Crippen molar-refractivity contribution in [2.24, 2.45) is 0 Å². The molecule has 0 saturated carbocycles. The number of aliphatic carboxylic acids is 1. The van der Waals surface area contributed by atoms with Crippen molar-refractivity contribution >= 4 is 23.8 Å². The maximum Gasteiger partial charge on any atom is 0.411 e. The van der Waals surface area contributed by atoms with Crippen LogP contribution in [0, 0.1) is 0 Å². The van der Waals surface area contributed by atoms with Gasteiger partial charge in [-0.1, -0.05) is 11.6 Å². The van der Waals surface area contributed by atoms with Crippen molar-refractivity contribution in [3.05, 3.63) is 45.8 Å². The van der Waals surface area contributed by atoms with Gasteiger partial charge in [-0.2, -0.15) is 13.2 Å². The number of carboxylic acid groups (broad SMARTS) is 1. The van der Waals surface area contributed by atoms with Crippen LogP contribution in [0.2, 0.25) is 5.02 Å². The number of allylic oxidation sites excluding steroid dienone is 1. The van der Waals surface area contributed by atoms with Crippen LogP contribution < -0.4 is 5.69 Å². The average Bonchev–Trinajstić information content (AvgIpc) is 2.73. The Hall–Kier alpha value is -2.55. The lowest BCUT2D eigenvalue weighted by atomic mass is 10.2. The Morgan fingerprint density at radius 2 is 1.91 bits per heavy atom. The fourth-order valence-corrected chi connectivity index (χ4v) is 1.87. The van der Waals surface area contributed by atoms with E-state index in [2.05, 4.69) is 5.10 Å². The summed E-state index contributed by atoms with van der Waals surface area (Å²) in [4.78, 5) is 22.8. The summed E-state index contributed by atoms with van der Waals surface area (Å²) in [6.07, 6.45) is -4.27. The van der Waals surface area contributed by atoms with Crippen molar-refractivity contribution in [3.8, 4) is 11.4 Å². The van der Waals surface area contributed by atoms with Crippen LogP contribution in [0.1, 0.15) is 0 Å². The lowest BCUT2D eigenvalue weighted by molar-refractivity contribution is -0.138. The van der Waals surface area contributed by atoms with Gasteiger partial charge in [-0.15, -0.1) is 5.10 Å². The predicted octanol–water partition coefficient (Wildman–Crippen LogP) is 2.48. The Bertz CT molecular complexity index is 807. The van der Waals surface area contributed by atoms with Gasteiger partial charge in [0, 0.05) is 22.9 Å². The Balaban J connectivity index is 2.59. The average molecular weight is 348 g/mol. The first-order valence-corrected chi connectivity index (χ1v) is 6.48. The highest BCUT2D eigenvalue weighted by Crippen LogP contribution is 2.21. The van der Waals surface area contributed by atoms with Gasteiger partial charge in [-0.3, -0.25) is 4.79 Å². The number of carbonyl (C=O) groups is 1. The van der Waals surface area contributed by atoms with E-state index < -0.39 is 24.4 Å². The van der Waals surface area contributed by atoms with Crippen molar-refractivity contribution in [1.29, 1.82) is 0 Å². The molecule has 0 radical (unpaired) electrons. The summed E-state index contributed by atoms with van der Waals surface area (Å²) < 4.78 is 38.2.